The fourth-order valence-electron chi connectivity index (χ4n) is 5.75. The lowest BCUT2D eigenvalue weighted by molar-refractivity contribution is 0.00578. The molecule has 178 valence electrons. The zero-order valence-corrected chi connectivity index (χ0v) is 22.5. The molecule has 0 bridgehead atoms. The first-order valence-corrected chi connectivity index (χ1v) is 12.5. The van der Waals surface area contributed by atoms with E-state index < -0.39 is 0 Å². The third-order valence-electron chi connectivity index (χ3n) is 10.1. The molecule has 2 heterocycles. The zero-order valence-electron chi connectivity index (χ0n) is 22.5. The number of benzene rings is 2. The summed E-state index contributed by atoms with van der Waals surface area (Å²) in [7, 11) is -0.385. The molecule has 0 N–H and O–H groups in total. The fraction of sp³-hybridized carbons (Fsp3) is 0.500. The largest absolute Gasteiger partial charge is 0.494 e. The van der Waals surface area contributed by atoms with Gasteiger partial charge in [0, 0.05) is 17.1 Å². The molecule has 0 radical (unpaired) electrons. The fourth-order valence-corrected chi connectivity index (χ4v) is 5.75. The van der Waals surface area contributed by atoms with E-state index in [0.717, 1.165) is 16.7 Å². The second-order valence-electron chi connectivity index (χ2n) is 12.9. The lowest BCUT2D eigenvalue weighted by atomic mass is 9.59. The topological polar surface area (TPSA) is 31.4 Å². The van der Waals surface area contributed by atoms with Crippen molar-refractivity contribution in [1.82, 2.24) is 4.98 Å². The highest BCUT2D eigenvalue weighted by molar-refractivity contribution is 6.62. The summed E-state index contributed by atoms with van der Waals surface area (Å²) in [6.07, 6.45) is 1.93. The molecule has 3 nitrogen and oxygen atoms in total. The van der Waals surface area contributed by atoms with E-state index in [1.54, 1.807) is 0 Å². The highest BCUT2D eigenvalue weighted by Crippen LogP contribution is 2.62. The van der Waals surface area contributed by atoms with E-state index in [9.17, 15) is 0 Å². The van der Waals surface area contributed by atoms with Crippen molar-refractivity contribution in [3.8, 4) is 11.3 Å². The van der Waals surface area contributed by atoms with Crippen LogP contribution in [0.25, 0.3) is 22.0 Å². The minimum absolute atomic E-state index is 0.0532. The van der Waals surface area contributed by atoms with E-state index in [4.69, 9.17) is 14.3 Å². The van der Waals surface area contributed by atoms with Gasteiger partial charge in [-0.25, -0.2) is 0 Å². The SMILES string of the molecule is CC1(C)OB(c2cccc(-c3nccc4cc5c(cc34)C(C)(C)C(C)(C)C5(C)C)c2)OC1(C)C. The Morgan fingerprint density at radius 2 is 1.29 bits per heavy atom. The first-order valence-electron chi connectivity index (χ1n) is 12.5. The minimum Gasteiger partial charge on any atom is -0.399 e. The Morgan fingerprint density at radius 3 is 1.91 bits per heavy atom. The van der Waals surface area contributed by atoms with Crippen molar-refractivity contribution in [1.29, 1.82) is 0 Å². The van der Waals surface area contributed by atoms with E-state index in [1.807, 2.05) is 6.20 Å². The van der Waals surface area contributed by atoms with Crippen molar-refractivity contribution in [2.45, 2.75) is 91.3 Å². The smallest absolute Gasteiger partial charge is 0.399 e. The van der Waals surface area contributed by atoms with Gasteiger partial charge in [0.15, 0.2) is 0 Å². The molecule has 0 atom stereocenters. The molecular formula is C30H38BNO2. The highest BCUT2D eigenvalue weighted by Gasteiger charge is 2.57. The van der Waals surface area contributed by atoms with Crippen molar-refractivity contribution >= 4 is 23.4 Å². The van der Waals surface area contributed by atoms with E-state index >= 15 is 0 Å². The summed E-state index contributed by atoms with van der Waals surface area (Å²) in [4.78, 5) is 4.87. The van der Waals surface area contributed by atoms with Gasteiger partial charge in [-0.05, 0) is 78.0 Å². The van der Waals surface area contributed by atoms with Crippen LogP contribution in [0.15, 0.2) is 48.7 Å². The summed E-state index contributed by atoms with van der Waals surface area (Å²) in [6.45, 7) is 22.7. The number of pyridine rings is 1. The van der Waals surface area contributed by atoms with Gasteiger partial charge in [0.05, 0.1) is 16.9 Å². The van der Waals surface area contributed by atoms with Crippen LogP contribution in [0.3, 0.4) is 0 Å². The first-order chi connectivity index (χ1) is 15.6. The summed E-state index contributed by atoms with van der Waals surface area (Å²) < 4.78 is 12.6. The number of aromatic nitrogens is 1. The quantitative estimate of drug-likeness (QED) is 0.399. The minimum atomic E-state index is -0.385. The van der Waals surface area contributed by atoms with Crippen LogP contribution in [-0.4, -0.2) is 23.3 Å². The van der Waals surface area contributed by atoms with Crippen LogP contribution in [0.5, 0.6) is 0 Å². The molecule has 1 aliphatic heterocycles. The molecule has 34 heavy (non-hydrogen) atoms. The zero-order chi connectivity index (χ0) is 24.9. The van der Waals surface area contributed by atoms with E-state index in [-0.39, 0.29) is 34.6 Å². The van der Waals surface area contributed by atoms with Gasteiger partial charge in [0.1, 0.15) is 0 Å². The molecule has 0 spiro atoms. The number of fused-ring (bicyclic) bond motifs is 2. The summed E-state index contributed by atoms with van der Waals surface area (Å²) in [5, 5.41) is 2.44. The maximum Gasteiger partial charge on any atom is 0.494 e. The maximum atomic E-state index is 6.32. The van der Waals surface area contributed by atoms with Crippen LogP contribution < -0.4 is 5.46 Å². The molecule has 0 amide bonds. The molecule has 2 aromatic carbocycles. The van der Waals surface area contributed by atoms with Crippen LogP contribution in [0.2, 0.25) is 0 Å². The molecule has 4 heteroatoms. The standard InChI is InChI=1S/C30H38BNO2/c1-26(2)23-17-19-14-15-32-25(22(19)18-24(23)27(3,4)28(26,5)6)20-12-11-13-21(16-20)31-33-29(7,8)30(9,10)34-31/h11-18H,1-10H3. The maximum absolute atomic E-state index is 6.32. The van der Waals surface area contributed by atoms with Crippen LogP contribution in [-0.2, 0) is 20.1 Å². The number of rotatable bonds is 2. The molecule has 0 saturated carbocycles. The number of hydrogen-bond donors (Lipinski definition) is 0. The first kappa shape index (κ1) is 23.6. The normalized spacial score (nSPS) is 23.3. The third-order valence-corrected chi connectivity index (χ3v) is 10.1. The van der Waals surface area contributed by atoms with E-state index in [0.29, 0.717) is 0 Å². The van der Waals surface area contributed by atoms with Crippen molar-refractivity contribution in [3.05, 3.63) is 59.8 Å². The summed E-state index contributed by atoms with van der Waals surface area (Å²) in [6, 6.07) is 15.4. The predicted molar refractivity (Wildman–Crippen MR) is 143 cm³/mol. The van der Waals surface area contributed by atoms with Crippen molar-refractivity contribution in [2.24, 2.45) is 5.41 Å². The Morgan fingerprint density at radius 1 is 0.706 bits per heavy atom. The molecule has 1 saturated heterocycles. The number of nitrogens with zero attached hydrogens (tertiary/aromatic N) is 1. The predicted octanol–water partition coefficient (Wildman–Crippen LogP) is 6.80. The average molecular weight is 455 g/mol. The molecule has 5 rings (SSSR count). The Balaban J connectivity index is 1.65. The van der Waals surface area contributed by atoms with Crippen LogP contribution in [0.1, 0.15) is 80.4 Å². The molecule has 0 unspecified atom stereocenters. The molecular weight excluding hydrogens is 417 g/mol. The summed E-state index contributed by atoms with van der Waals surface area (Å²) >= 11 is 0. The lowest BCUT2D eigenvalue weighted by Crippen LogP contribution is -2.42. The Hall–Kier alpha value is -2.17. The van der Waals surface area contributed by atoms with Gasteiger partial charge >= 0.3 is 7.12 Å². The highest BCUT2D eigenvalue weighted by atomic mass is 16.7. The number of hydrogen-bond acceptors (Lipinski definition) is 3. The summed E-state index contributed by atoms with van der Waals surface area (Å²) in [5.41, 5.74) is 5.56. The second-order valence-corrected chi connectivity index (χ2v) is 12.9. The van der Waals surface area contributed by atoms with Gasteiger partial charge in [-0.2, -0.15) is 0 Å². The second kappa shape index (κ2) is 6.95. The average Bonchev–Trinajstić information content (AvgIpc) is 3.03. The Kier molecular flexibility index (Phi) is 4.82. The van der Waals surface area contributed by atoms with Crippen LogP contribution >= 0.6 is 0 Å². The molecule has 1 aromatic heterocycles. The van der Waals surface area contributed by atoms with Gasteiger partial charge in [-0.3, -0.25) is 4.98 Å². The van der Waals surface area contributed by atoms with Crippen LogP contribution in [0.4, 0.5) is 0 Å². The van der Waals surface area contributed by atoms with Crippen molar-refractivity contribution in [3.63, 3.8) is 0 Å². The van der Waals surface area contributed by atoms with Gasteiger partial charge in [0.2, 0.25) is 0 Å². The van der Waals surface area contributed by atoms with Gasteiger partial charge in [-0.1, -0.05) is 71.9 Å². The molecule has 3 aromatic rings. The van der Waals surface area contributed by atoms with E-state index in [1.165, 1.54) is 21.9 Å². The summed E-state index contributed by atoms with van der Waals surface area (Å²) in [5.74, 6) is 0. The monoisotopic (exact) mass is 455 g/mol. The van der Waals surface area contributed by atoms with Crippen LogP contribution in [0, 0.1) is 5.41 Å². The molecule has 2 aliphatic rings. The van der Waals surface area contributed by atoms with E-state index in [2.05, 4.69) is 112 Å². The van der Waals surface area contributed by atoms with Gasteiger partial charge < -0.3 is 9.31 Å². The van der Waals surface area contributed by atoms with Gasteiger partial charge in [-0.15, -0.1) is 0 Å². The van der Waals surface area contributed by atoms with Gasteiger partial charge in [0.25, 0.3) is 0 Å². The third kappa shape index (κ3) is 3.01. The Bertz CT molecular complexity index is 1290. The van der Waals surface area contributed by atoms with Crippen molar-refractivity contribution in [2.75, 3.05) is 0 Å². The van der Waals surface area contributed by atoms with Crippen molar-refractivity contribution < 1.29 is 9.31 Å². The molecule has 1 fully saturated rings. The lowest BCUT2D eigenvalue weighted by Gasteiger charge is -2.44. The Labute approximate surface area is 205 Å². The molecule has 1 aliphatic carbocycles.